The highest BCUT2D eigenvalue weighted by molar-refractivity contribution is 5.70. The molecule has 0 saturated carbocycles. The van der Waals surface area contributed by atoms with Gasteiger partial charge in [-0.15, -0.1) is 0 Å². The Hall–Kier alpha value is -2.01. The lowest BCUT2D eigenvalue weighted by Gasteiger charge is -2.23. The third-order valence-corrected chi connectivity index (χ3v) is 4.04. The molecule has 0 saturated heterocycles. The molecule has 0 aromatic carbocycles. The van der Waals surface area contributed by atoms with E-state index in [1.165, 1.54) is 12.8 Å². The van der Waals surface area contributed by atoms with Crippen molar-refractivity contribution in [3.8, 4) is 0 Å². The number of hydrogen-bond acceptors (Lipinski definition) is 4. The van der Waals surface area contributed by atoms with Crippen molar-refractivity contribution in [3.05, 3.63) is 48.4 Å². The number of aromatic amines is 1. The van der Waals surface area contributed by atoms with Gasteiger partial charge in [0.2, 0.25) is 0 Å². The predicted molar refractivity (Wildman–Crippen MR) is 106 cm³/mol. The highest BCUT2D eigenvalue weighted by atomic mass is 16.5. The van der Waals surface area contributed by atoms with Crippen molar-refractivity contribution in [2.24, 2.45) is 0 Å². The number of hydrogen-bond donors (Lipinski definition) is 2. The van der Waals surface area contributed by atoms with Crippen LogP contribution in [0.3, 0.4) is 0 Å². The summed E-state index contributed by atoms with van der Waals surface area (Å²) < 4.78 is 5.37. The van der Waals surface area contributed by atoms with Gasteiger partial charge in [-0.2, -0.15) is 0 Å². The largest absolute Gasteiger partial charge is 0.495 e. The normalized spacial score (nSPS) is 11.4. The molecule has 0 unspecified atom stereocenters. The van der Waals surface area contributed by atoms with E-state index >= 15 is 0 Å². The second-order valence-corrected chi connectivity index (χ2v) is 6.23. The van der Waals surface area contributed by atoms with E-state index in [0.29, 0.717) is 5.76 Å². The van der Waals surface area contributed by atoms with Gasteiger partial charge in [-0.3, -0.25) is 0 Å². The molecular formula is C20H34N4O. The Labute approximate surface area is 152 Å². The van der Waals surface area contributed by atoms with Crippen molar-refractivity contribution in [2.75, 3.05) is 27.2 Å². The van der Waals surface area contributed by atoms with E-state index in [-0.39, 0.29) is 0 Å². The minimum Gasteiger partial charge on any atom is -0.495 e. The molecule has 140 valence electrons. The van der Waals surface area contributed by atoms with E-state index in [1.807, 2.05) is 12.3 Å². The number of aromatic nitrogens is 2. The van der Waals surface area contributed by atoms with Gasteiger partial charge < -0.3 is 19.9 Å². The average molecular weight is 347 g/mol. The number of nitrogens with zero attached hydrogens (tertiary/aromatic N) is 2. The van der Waals surface area contributed by atoms with Crippen molar-refractivity contribution >= 4 is 5.57 Å². The van der Waals surface area contributed by atoms with Crippen LogP contribution in [-0.4, -0.2) is 42.1 Å². The van der Waals surface area contributed by atoms with Crippen molar-refractivity contribution < 1.29 is 4.74 Å². The second-order valence-electron chi connectivity index (χ2n) is 6.23. The van der Waals surface area contributed by atoms with Crippen LogP contribution in [0.2, 0.25) is 0 Å². The number of rotatable bonds is 13. The summed E-state index contributed by atoms with van der Waals surface area (Å²) in [6.07, 6.45) is 8.50. The van der Waals surface area contributed by atoms with Gasteiger partial charge in [0.1, 0.15) is 11.6 Å². The first-order chi connectivity index (χ1) is 12.0. The van der Waals surface area contributed by atoms with Gasteiger partial charge in [0.25, 0.3) is 0 Å². The number of H-pyrrole nitrogens is 1. The Morgan fingerprint density at radius 3 is 2.72 bits per heavy atom. The van der Waals surface area contributed by atoms with Crippen LogP contribution in [0, 0.1) is 0 Å². The smallest absolute Gasteiger partial charge is 0.135 e. The fourth-order valence-corrected chi connectivity index (χ4v) is 2.47. The first kappa shape index (κ1) is 21.0. The highest BCUT2D eigenvalue weighted by Gasteiger charge is 2.11. The number of unbranched alkanes of at least 4 members (excludes halogenated alkanes) is 2. The molecule has 1 aromatic heterocycles. The lowest BCUT2D eigenvalue weighted by Crippen LogP contribution is -2.21. The molecule has 0 radical (unpaired) electrons. The molecule has 1 aromatic rings. The number of nitrogens with one attached hydrogen (secondary N) is 2. The first-order valence-electron chi connectivity index (χ1n) is 9.13. The fourth-order valence-electron chi connectivity index (χ4n) is 2.47. The minimum absolute atomic E-state index is 0.643. The first-order valence-corrected chi connectivity index (χ1v) is 9.13. The summed E-state index contributed by atoms with van der Waals surface area (Å²) in [6, 6.07) is 0. The maximum Gasteiger partial charge on any atom is 0.135 e. The van der Waals surface area contributed by atoms with E-state index in [2.05, 4.69) is 54.2 Å². The molecule has 0 spiro atoms. The number of allylic oxidation sites excluding steroid dienone is 2. The van der Waals surface area contributed by atoms with Crippen LogP contribution in [0.5, 0.6) is 0 Å². The van der Waals surface area contributed by atoms with E-state index in [0.717, 1.165) is 55.3 Å². The lowest BCUT2D eigenvalue weighted by atomic mass is 10.1. The third kappa shape index (κ3) is 7.18. The van der Waals surface area contributed by atoms with Crippen LogP contribution in [0.4, 0.5) is 0 Å². The predicted octanol–water partition coefficient (Wildman–Crippen LogP) is 4.09. The summed E-state index contributed by atoms with van der Waals surface area (Å²) in [7, 11) is 3.71. The Bertz CT molecular complexity index is 574. The zero-order chi connectivity index (χ0) is 18.7. The van der Waals surface area contributed by atoms with E-state index in [4.69, 9.17) is 4.74 Å². The van der Waals surface area contributed by atoms with Gasteiger partial charge in [-0.25, -0.2) is 4.98 Å². The van der Waals surface area contributed by atoms with Crippen molar-refractivity contribution in [1.82, 2.24) is 20.2 Å². The summed E-state index contributed by atoms with van der Waals surface area (Å²) >= 11 is 0. The van der Waals surface area contributed by atoms with E-state index in [1.54, 1.807) is 7.11 Å². The fraction of sp³-hybridized carbons (Fsp3) is 0.550. The zero-order valence-corrected chi connectivity index (χ0v) is 16.3. The number of likely N-dealkylation sites (N-methyl/N-ethyl adjacent to an activating group) is 1. The third-order valence-electron chi connectivity index (χ3n) is 4.04. The van der Waals surface area contributed by atoms with Crippen LogP contribution in [-0.2, 0) is 11.3 Å². The molecule has 0 aliphatic heterocycles. The molecule has 1 heterocycles. The Morgan fingerprint density at radius 2 is 2.08 bits per heavy atom. The summed E-state index contributed by atoms with van der Waals surface area (Å²) in [4.78, 5) is 9.90. The molecule has 0 bridgehead atoms. The monoisotopic (exact) mass is 346 g/mol. The maximum atomic E-state index is 5.37. The van der Waals surface area contributed by atoms with Gasteiger partial charge >= 0.3 is 0 Å². The average Bonchev–Trinajstić information content (AvgIpc) is 3.08. The van der Waals surface area contributed by atoms with Gasteiger partial charge in [0, 0.05) is 13.6 Å². The van der Waals surface area contributed by atoms with Crippen LogP contribution >= 0.6 is 0 Å². The summed E-state index contributed by atoms with van der Waals surface area (Å²) in [5.41, 5.74) is 2.73. The Balaban J connectivity index is 2.81. The Kier molecular flexibility index (Phi) is 9.70. The van der Waals surface area contributed by atoms with Gasteiger partial charge in [0.15, 0.2) is 0 Å². The van der Waals surface area contributed by atoms with Crippen LogP contribution < -0.4 is 5.32 Å². The second kappa shape index (κ2) is 11.5. The SMILES string of the molecule is C=C(OC)/C(=C\C(=C)c1cnc(CNCCC)[nH]1)N(C)CCCCC. The molecule has 5 nitrogen and oxygen atoms in total. The van der Waals surface area contributed by atoms with Crippen molar-refractivity contribution in [2.45, 2.75) is 46.1 Å². The van der Waals surface area contributed by atoms with Crippen molar-refractivity contribution in [1.29, 1.82) is 0 Å². The lowest BCUT2D eigenvalue weighted by molar-refractivity contribution is 0.270. The zero-order valence-electron chi connectivity index (χ0n) is 16.3. The van der Waals surface area contributed by atoms with Crippen LogP contribution in [0.1, 0.15) is 51.0 Å². The molecule has 1 rings (SSSR count). The quantitative estimate of drug-likeness (QED) is 0.321. The topological polar surface area (TPSA) is 53.2 Å². The van der Waals surface area contributed by atoms with E-state index in [9.17, 15) is 0 Å². The van der Waals surface area contributed by atoms with Crippen molar-refractivity contribution in [3.63, 3.8) is 0 Å². The van der Waals surface area contributed by atoms with Gasteiger partial charge in [-0.05, 0) is 31.0 Å². The molecular weight excluding hydrogens is 312 g/mol. The standard InChI is InChI=1S/C20H34N4O/c1-7-9-10-12-24(5)19(17(4)25-6)13-16(3)18-14-22-20(23-18)15-21-11-8-2/h13-14,21H,3-4,7-12,15H2,1-2,5-6H3,(H,22,23)/b19-13+. The Morgan fingerprint density at radius 1 is 1.32 bits per heavy atom. The van der Waals surface area contributed by atoms with Gasteiger partial charge in [0.05, 0.1) is 31.2 Å². The minimum atomic E-state index is 0.643. The molecule has 0 fully saturated rings. The molecule has 0 aliphatic carbocycles. The summed E-state index contributed by atoms with van der Waals surface area (Å²) in [5.74, 6) is 1.56. The molecule has 0 amide bonds. The molecule has 0 atom stereocenters. The molecule has 2 N–H and O–H groups in total. The van der Waals surface area contributed by atoms with E-state index < -0.39 is 0 Å². The van der Waals surface area contributed by atoms with Gasteiger partial charge in [-0.1, -0.05) is 39.8 Å². The highest BCUT2D eigenvalue weighted by Crippen LogP contribution is 2.20. The molecule has 25 heavy (non-hydrogen) atoms. The molecule has 0 aliphatic rings. The summed E-state index contributed by atoms with van der Waals surface area (Å²) in [5, 5.41) is 3.34. The number of methoxy groups -OCH3 is 1. The molecule has 5 heteroatoms. The number of ether oxygens (including phenoxy) is 1. The maximum absolute atomic E-state index is 5.37. The summed E-state index contributed by atoms with van der Waals surface area (Å²) in [6.45, 7) is 15.2. The number of imidazole rings is 1. The van der Waals surface area contributed by atoms with Crippen LogP contribution in [0.15, 0.2) is 36.9 Å². The van der Waals surface area contributed by atoms with Crippen LogP contribution in [0.25, 0.3) is 5.57 Å².